The first-order chi connectivity index (χ1) is 15.6. The van der Waals surface area contributed by atoms with Gasteiger partial charge in [0, 0.05) is 12.3 Å². The summed E-state index contributed by atoms with van der Waals surface area (Å²) in [6.07, 6.45) is 2.84. The number of anilines is 1. The number of fused-ring (bicyclic) bond motifs is 3. The van der Waals surface area contributed by atoms with Crippen molar-refractivity contribution in [2.45, 2.75) is 44.0 Å². The van der Waals surface area contributed by atoms with E-state index in [1.807, 2.05) is 40.1 Å². The molecule has 166 valence electrons. The Morgan fingerprint density at radius 2 is 2.25 bits per heavy atom. The summed E-state index contributed by atoms with van der Waals surface area (Å²) in [5, 5.41) is 14.0. The SMILES string of the molecule is CCc1cccc(NC(=O)CSc2nnc3n(C[C@H]4CCCO4)c(=O)c4sccc4n23)c1. The molecule has 1 amide bonds. The predicted octanol–water partition coefficient (Wildman–Crippen LogP) is 3.58. The third-order valence-electron chi connectivity index (χ3n) is 5.54. The van der Waals surface area contributed by atoms with E-state index in [0.29, 0.717) is 22.2 Å². The number of rotatable bonds is 7. The molecule has 0 unspecified atom stereocenters. The van der Waals surface area contributed by atoms with E-state index in [-0.39, 0.29) is 23.3 Å². The molecule has 0 aliphatic carbocycles. The number of carbonyl (C=O) groups excluding carboxylic acids is 1. The van der Waals surface area contributed by atoms with Crippen LogP contribution in [0.15, 0.2) is 45.7 Å². The monoisotopic (exact) mass is 469 g/mol. The second kappa shape index (κ2) is 9.05. The Hall–Kier alpha value is -2.69. The van der Waals surface area contributed by atoms with Crippen LogP contribution in [0.4, 0.5) is 5.69 Å². The van der Waals surface area contributed by atoms with Crippen LogP contribution in [0.25, 0.3) is 16.0 Å². The molecule has 1 atom stereocenters. The van der Waals surface area contributed by atoms with E-state index >= 15 is 0 Å². The highest BCUT2D eigenvalue weighted by Gasteiger charge is 2.22. The standard InChI is InChI=1S/C22H23N5O3S2/c1-2-14-5-3-6-15(11-14)23-18(28)13-32-22-25-24-21-26(12-16-7-4-9-30-16)20(29)19-17(27(21)22)8-10-31-19/h3,5-6,8,10-11,16H,2,4,7,9,12-13H2,1H3,(H,23,28)/t16-/m1/s1. The Kier molecular flexibility index (Phi) is 5.99. The predicted molar refractivity (Wildman–Crippen MR) is 127 cm³/mol. The fraction of sp³-hybridized carbons (Fsp3) is 0.364. The van der Waals surface area contributed by atoms with Crippen molar-refractivity contribution in [3.63, 3.8) is 0 Å². The molecule has 3 aromatic heterocycles. The second-order valence-electron chi connectivity index (χ2n) is 7.69. The molecule has 1 aromatic carbocycles. The highest BCUT2D eigenvalue weighted by Crippen LogP contribution is 2.25. The van der Waals surface area contributed by atoms with Crippen molar-refractivity contribution in [1.82, 2.24) is 19.2 Å². The van der Waals surface area contributed by atoms with Crippen LogP contribution in [0.3, 0.4) is 0 Å². The van der Waals surface area contributed by atoms with Gasteiger partial charge in [0.1, 0.15) is 4.70 Å². The minimum absolute atomic E-state index is 0.00590. The van der Waals surface area contributed by atoms with Gasteiger partial charge >= 0.3 is 0 Å². The highest BCUT2D eigenvalue weighted by molar-refractivity contribution is 7.99. The molecule has 1 aliphatic heterocycles. The Morgan fingerprint density at radius 1 is 1.34 bits per heavy atom. The van der Waals surface area contributed by atoms with E-state index in [9.17, 15) is 9.59 Å². The van der Waals surface area contributed by atoms with Crippen LogP contribution in [0.1, 0.15) is 25.3 Å². The number of nitrogens with zero attached hydrogens (tertiary/aromatic N) is 4. The first-order valence-corrected chi connectivity index (χ1v) is 12.5. The first-order valence-electron chi connectivity index (χ1n) is 10.6. The zero-order chi connectivity index (χ0) is 22.1. The van der Waals surface area contributed by atoms with E-state index in [0.717, 1.165) is 37.1 Å². The first kappa shape index (κ1) is 21.2. The van der Waals surface area contributed by atoms with Crippen LogP contribution in [-0.2, 0) is 22.5 Å². The number of thiophene rings is 1. The summed E-state index contributed by atoms with van der Waals surface area (Å²) in [4.78, 5) is 25.6. The van der Waals surface area contributed by atoms with Crippen LogP contribution in [0.5, 0.6) is 0 Å². The third-order valence-corrected chi connectivity index (χ3v) is 7.36. The Bertz CT molecular complexity index is 1340. The molecule has 8 nitrogen and oxygen atoms in total. The van der Waals surface area contributed by atoms with Crippen molar-refractivity contribution in [3.8, 4) is 0 Å². The number of ether oxygens (including phenoxy) is 1. The van der Waals surface area contributed by atoms with E-state index in [2.05, 4.69) is 22.4 Å². The van der Waals surface area contributed by atoms with Gasteiger partial charge in [-0.05, 0) is 48.4 Å². The number of aryl methyl sites for hydroxylation is 1. The molecule has 1 N–H and O–H groups in total. The Balaban J connectivity index is 1.41. The van der Waals surface area contributed by atoms with Gasteiger partial charge in [-0.1, -0.05) is 30.8 Å². The van der Waals surface area contributed by atoms with Gasteiger partial charge in [0.2, 0.25) is 11.7 Å². The number of carbonyl (C=O) groups is 1. The van der Waals surface area contributed by atoms with Crippen molar-refractivity contribution in [2.75, 3.05) is 17.7 Å². The maximum absolute atomic E-state index is 13.1. The largest absolute Gasteiger partial charge is 0.376 e. The van der Waals surface area contributed by atoms with Crippen LogP contribution in [0, 0.1) is 0 Å². The zero-order valence-corrected chi connectivity index (χ0v) is 19.2. The smallest absolute Gasteiger partial charge is 0.272 e. The maximum Gasteiger partial charge on any atom is 0.272 e. The molecule has 0 radical (unpaired) electrons. The lowest BCUT2D eigenvalue weighted by Gasteiger charge is -2.13. The second-order valence-corrected chi connectivity index (χ2v) is 9.55. The lowest BCUT2D eigenvalue weighted by molar-refractivity contribution is -0.113. The van der Waals surface area contributed by atoms with Crippen molar-refractivity contribution in [1.29, 1.82) is 0 Å². The average Bonchev–Trinajstić information content (AvgIpc) is 3.56. The zero-order valence-electron chi connectivity index (χ0n) is 17.6. The van der Waals surface area contributed by atoms with E-state index < -0.39 is 0 Å². The number of hydrogen-bond acceptors (Lipinski definition) is 7. The van der Waals surface area contributed by atoms with Gasteiger partial charge in [0.05, 0.1) is 23.9 Å². The molecule has 1 saturated heterocycles. The van der Waals surface area contributed by atoms with Gasteiger partial charge < -0.3 is 10.1 Å². The van der Waals surface area contributed by atoms with E-state index in [1.54, 1.807) is 4.57 Å². The van der Waals surface area contributed by atoms with Crippen LogP contribution in [-0.4, -0.2) is 43.5 Å². The van der Waals surface area contributed by atoms with Crippen molar-refractivity contribution in [3.05, 3.63) is 51.6 Å². The number of nitrogens with one attached hydrogen (secondary N) is 1. The summed E-state index contributed by atoms with van der Waals surface area (Å²) < 4.78 is 9.92. The number of hydrogen-bond donors (Lipinski definition) is 1. The fourth-order valence-electron chi connectivity index (χ4n) is 3.95. The van der Waals surface area contributed by atoms with E-state index in [1.165, 1.54) is 28.7 Å². The lowest BCUT2D eigenvalue weighted by atomic mass is 10.1. The number of thioether (sulfide) groups is 1. The topological polar surface area (TPSA) is 90.5 Å². The van der Waals surface area contributed by atoms with Gasteiger partial charge in [-0.3, -0.25) is 18.6 Å². The van der Waals surface area contributed by atoms with E-state index in [4.69, 9.17) is 4.74 Å². The number of aromatic nitrogens is 4. The van der Waals surface area contributed by atoms with Crippen molar-refractivity contribution in [2.24, 2.45) is 0 Å². The molecule has 1 fully saturated rings. The third kappa shape index (κ3) is 4.05. The normalized spacial score (nSPS) is 16.2. The molecule has 10 heteroatoms. The van der Waals surface area contributed by atoms with Crippen LogP contribution >= 0.6 is 23.1 Å². The Labute approximate surface area is 192 Å². The van der Waals surface area contributed by atoms with Gasteiger partial charge in [-0.15, -0.1) is 21.5 Å². The summed E-state index contributed by atoms with van der Waals surface area (Å²) >= 11 is 2.71. The molecular weight excluding hydrogens is 446 g/mol. The van der Waals surface area contributed by atoms with Crippen molar-refractivity contribution >= 4 is 50.7 Å². The highest BCUT2D eigenvalue weighted by atomic mass is 32.2. The maximum atomic E-state index is 13.1. The summed E-state index contributed by atoms with van der Waals surface area (Å²) in [6, 6.07) is 9.73. The fourth-order valence-corrected chi connectivity index (χ4v) is 5.51. The number of benzene rings is 1. The quantitative estimate of drug-likeness (QED) is 0.416. The number of amides is 1. The van der Waals surface area contributed by atoms with Gasteiger partial charge in [0.25, 0.3) is 5.56 Å². The molecule has 5 rings (SSSR count). The molecule has 0 spiro atoms. The minimum atomic E-state index is -0.116. The summed E-state index contributed by atoms with van der Waals surface area (Å²) in [5.74, 6) is 0.553. The van der Waals surface area contributed by atoms with Gasteiger partial charge in [0.15, 0.2) is 5.16 Å². The van der Waals surface area contributed by atoms with Crippen molar-refractivity contribution < 1.29 is 9.53 Å². The van der Waals surface area contributed by atoms with Crippen LogP contribution in [0.2, 0.25) is 0 Å². The summed E-state index contributed by atoms with van der Waals surface area (Å²) in [5.41, 5.74) is 2.65. The van der Waals surface area contributed by atoms with Crippen LogP contribution < -0.4 is 10.9 Å². The molecule has 4 aromatic rings. The Morgan fingerprint density at radius 3 is 3.06 bits per heavy atom. The molecule has 0 bridgehead atoms. The lowest BCUT2D eigenvalue weighted by Crippen LogP contribution is -2.28. The molecule has 1 aliphatic rings. The molecule has 4 heterocycles. The summed E-state index contributed by atoms with van der Waals surface area (Å²) in [6.45, 7) is 3.25. The minimum Gasteiger partial charge on any atom is -0.376 e. The molecule has 0 saturated carbocycles. The average molecular weight is 470 g/mol. The summed E-state index contributed by atoms with van der Waals surface area (Å²) in [7, 11) is 0. The molecular formula is C22H23N5O3S2. The van der Waals surface area contributed by atoms with Gasteiger partial charge in [-0.25, -0.2) is 0 Å². The molecule has 32 heavy (non-hydrogen) atoms. The van der Waals surface area contributed by atoms with Gasteiger partial charge in [-0.2, -0.15) is 0 Å².